The monoisotopic (exact) mass is 263 g/mol. The second kappa shape index (κ2) is 5.11. The topological polar surface area (TPSA) is 37.4 Å². The molecule has 1 amide bonds. The van der Waals surface area contributed by atoms with E-state index in [-0.39, 0.29) is 17.2 Å². The van der Waals surface area contributed by atoms with Crippen LogP contribution >= 0.6 is 0 Å². The lowest BCUT2D eigenvalue weighted by atomic mass is 10.1. The number of amides is 1. The third kappa shape index (κ3) is 2.39. The summed E-state index contributed by atoms with van der Waals surface area (Å²) in [6.07, 6.45) is 1.95. The van der Waals surface area contributed by atoms with E-state index in [9.17, 15) is 14.0 Å². The number of anilines is 1. The SMILES string of the molecule is CCCC(C)CN1C(=O)C(=O)c2cc(C)cc(F)c21. The molecule has 102 valence electrons. The van der Waals surface area contributed by atoms with E-state index in [1.165, 1.54) is 11.0 Å². The normalized spacial score (nSPS) is 15.9. The molecule has 1 aromatic rings. The number of carbonyl (C=O) groups excluding carboxylic acids is 2. The van der Waals surface area contributed by atoms with Crippen LogP contribution in [0.1, 0.15) is 42.6 Å². The predicted molar refractivity (Wildman–Crippen MR) is 71.9 cm³/mol. The van der Waals surface area contributed by atoms with Gasteiger partial charge in [0.1, 0.15) is 5.82 Å². The molecule has 1 aliphatic rings. The Bertz CT molecular complexity index is 539. The van der Waals surface area contributed by atoms with Crippen LogP contribution in [0.15, 0.2) is 12.1 Å². The quantitative estimate of drug-likeness (QED) is 0.783. The fourth-order valence-corrected chi connectivity index (χ4v) is 2.59. The van der Waals surface area contributed by atoms with Crippen LogP contribution in [0.3, 0.4) is 0 Å². The summed E-state index contributed by atoms with van der Waals surface area (Å²) in [5, 5.41) is 0. The van der Waals surface area contributed by atoms with Gasteiger partial charge in [-0.15, -0.1) is 0 Å². The third-order valence-corrected chi connectivity index (χ3v) is 3.44. The van der Waals surface area contributed by atoms with E-state index >= 15 is 0 Å². The molecule has 0 fully saturated rings. The lowest BCUT2D eigenvalue weighted by molar-refractivity contribution is -0.114. The van der Waals surface area contributed by atoms with E-state index in [4.69, 9.17) is 0 Å². The van der Waals surface area contributed by atoms with Gasteiger partial charge in [0.25, 0.3) is 11.7 Å². The Morgan fingerprint density at radius 3 is 2.63 bits per heavy atom. The van der Waals surface area contributed by atoms with Crippen molar-refractivity contribution in [2.24, 2.45) is 5.92 Å². The first kappa shape index (κ1) is 13.7. The summed E-state index contributed by atoms with van der Waals surface area (Å²) in [6.45, 7) is 6.17. The van der Waals surface area contributed by atoms with Crippen molar-refractivity contribution in [3.05, 3.63) is 29.1 Å². The third-order valence-electron chi connectivity index (χ3n) is 3.44. The zero-order valence-electron chi connectivity index (χ0n) is 11.5. The summed E-state index contributed by atoms with van der Waals surface area (Å²) >= 11 is 0. The van der Waals surface area contributed by atoms with Gasteiger partial charge in [0.2, 0.25) is 0 Å². The van der Waals surface area contributed by atoms with Crippen molar-refractivity contribution < 1.29 is 14.0 Å². The molecule has 19 heavy (non-hydrogen) atoms. The van der Waals surface area contributed by atoms with Crippen molar-refractivity contribution in [2.75, 3.05) is 11.4 Å². The molecule has 0 radical (unpaired) electrons. The van der Waals surface area contributed by atoms with E-state index in [0.29, 0.717) is 12.1 Å². The van der Waals surface area contributed by atoms with Crippen LogP contribution in [0.2, 0.25) is 0 Å². The van der Waals surface area contributed by atoms with Crippen LogP contribution in [0.25, 0.3) is 0 Å². The van der Waals surface area contributed by atoms with Crippen LogP contribution in [0.5, 0.6) is 0 Å². The number of hydrogen-bond acceptors (Lipinski definition) is 2. The first-order valence-corrected chi connectivity index (χ1v) is 6.62. The lowest BCUT2D eigenvalue weighted by Gasteiger charge is -2.21. The maximum atomic E-state index is 14.0. The van der Waals surface area contributed by atoms with Gasteiger partial charge in [0, 0.05) is 6.54 Å². The minimum Gasteiger partial charge on any atom is -0.302 e. The summed E-state index contributed by atoms with van der Waals surface area (Å²) in [7, 11) is 0. The van der Waals surface area contributed by atoms with Crippen LogP contribution in [0, 0.1) is 18.7 Å². The number of nitrogens with zero attached hydrogens (tertiary/aromatic N) is 1. The van der Waals surface area contributed by atoms with Gasteiger partial charge in [-0.25, -0.2) is 4.39 Å². The van der Waals surface area contributed by atoms with Crippen molar-refractivity contribution in [1.82, 2.24) is 0 Å². The highest BCUT2D eigenvalue weighted by Gasteiger charge is 2.38. The highest BCUT2D eigenvalue weighted by Crippen LogP contribution is 2.33. The molecule has 1 aromatic carbocycles. The van der Waals surface area contributed by atoms with Gasteiger partial charge >= 0.3 is 0 Å². The van der Waals surface area contributed by atoms with Gasteiger partial charge in [-0.3, -0.25) is 9.59 Å². The number of halogens is 1. The van der Waals surface area contributed by atoms with E-state index in [0.717, 1.165) is 12.8 Å². The zero-order chi connectivity index (χ0) is 14.2. The number of hydrogen-bond donors (Lipinski definition) is 0. The van der Waals surface area contributed by atoms with E-state index < -0.39 is 17.5 Å². The average molecular weight is 263 g/mol. The predicted octanol–water partition coefficient (Wildman–Crippen LogP) is 3.10. The molecule has 0 bridgehead atoms. The summed E-state index contributed by atoms with van der Waals surface area (Å²) < 4.78 is 14.0. The summed E-state index contributed by atoms with van der Waals surface area (Å²) in [4.78, 5) is 25.2. The molecule has 2 rings (SSSR count). The molecule has 0 saturated carbocycles. The fourth-order valence-electron chi connectivity index (χ4n) is 2.59. The van der Waals surface area contributed by atoms with Crippen molar-refractivity contribution in [3.8, 4) is 0 Å². The van der Waals surface area contributed by atoms with Crippen LogP contribution in [0.4, 0.5) is 10.1 Å². The number of fused-ring (bicyclic) bond motifs is 1. The van der Waals surface area contributed by atoms with Crippen molar-refractivity contribution in [3.63, 3.8) is 0 Å². The Labute approximate surface area is 112 Å². The summed E-state index contributed by atoms with van der Waals surface area (Å²) in [5.41, 5.74) is 1.01. The Hall–Kier alpha value is -1.71. The maximum absolute atomic E-state index is 14.0. The zero-order valence-corrected chi connectivity index (χ0v) is 11.5. The fraction of sp³-hybridized carbons (Fsp3) is 0.467. The molecule has 1 aliphatic heterocycles. The molecule has 0 aliphatic carbocycles. The highest BCUT2D eigenvalue weighted by atomic mass is 19.1. The van der Waals surface area contributed by atoms with Crippen LogP contribution in [-0.4, -0.2) is 18.2 Å². The molecule has 4 heteroatoms. The van der Waals surface area contributed by atoms with Gasteiger partial charge in [-0.2, -0.15) is 0 Å². The lowest BCUT2D eigenvalue weighted by Crippen LogP contribution is -2.34. The summed E-state index contributed by atoms with van der Waals surface area (Å²) in [6, 6.07) is 2.95. The Kier molecular flexibility index (Phi) is 3.69. The first-order chi connectivity index (χ1) is 8.95. The number of carbonyl (C=O) groups is 2. The molecule has 3 nitrogen and oxygen atoms in total. The average Bonchev–Trinajstić information content (AvgIpc) is 2.55. The Balaban J connectivity index is 2.39. The standard InChI is InChI=1S/C15H18FNO2/c1-4-5-9(2)8-17-13-11(14(18)15(17)19)6-10(3)7-12(13)16/h6-7,9H,4-5,8H2,1-3H3. The van der Waals surface area contributed by atoms with Crippen molar-refractivity contribution in [2.45, 2.75) is 33.6 Å². The maximum Gasteiger partial charge on any atom is 0.299 e. The largest absolute Gasteiger partial charge is 0.302 e. The number of aryl methyl sites for hydroxylation is 1. The van der Waals surface area contributed by atoms with E-state index in [1.54, 1.807) is 13.0 Å². The molecule has 1 heterocycles. The summed E-state index contributed by atoms with van der Waals surface area (Å²) in [5.74, 6) is -1.45. The molecule has 1 unspecified atom stereocenters. The number of benzene rings is 1. The smallest absolute Gasteiger partial charge is 0.299 e. The van der Waals surface area contributed by atoms with Gasteiger partial charge in [-0.05, 0) is 37.0 Å². The Morgan fingerprint density at radius 1 is 1.32 bits per heavy atom. The molecular weight excluding hydrogens is 245 g/mol. The van der Waals surface area contributed by atoms with Gasteiger partial charge in [0.05, 0.1) is 11.3 Å². The molecule has 0 aromatic heterocycles. The molecule has 1 atom stereocenters. The Morgan fingerprint density at radius 2 is 2.00 bits per heavy atom. The number of rotatable bonds is 4. The number of ketones is 1. The van der Waals surface area contributed by atoms with Gasteiger partial charge < -0.3 is 4.90 Å². The minimum atomic E-state index is -0.609. The van der Waals surface area contributed by atoms with E-state index in [2.05, 4.69) is 6.92 Å². The first-order valence-electron chi connectivity index (χ1n) is 6.62. The molecule has 0 spiro atoms. The molecule has 0 saturated heterocycles. The van der Waals surface area contributed by atoms with Crippen molar-refractivity contribution in [1.29, 1.82) is 0 Å². The highest BCUT2D eigenvalue weighted by molar-refractivity contribution is 6.52. The van der Waals surface area contributed by atoms with Gasteiger partial charge in [0.15, 0.2) is 0 Å². The van der Waals surface area contributed by atoms with Crippen LogP contribution < -0.4 is 4.90 Å². The minimum absolute atomic E-state index is 0.156. The second-order valence-electron chi connectivity index (χ2n) is 5.28. The van der Waals surface area contributed by atoms with Crippen molar-refractivity contribution >= 4 is 17.4 Å². The van der Waals surface area contributed by atoms with Gasteiger partial charge in [-0.1, -0.05) is 20.3 Å². The van der Waals surface area contributed by atoms with E-state index in [1.807, 2.05) is 6.92 Å². The van der Waals surface area contributed by atoms with Crippen LogP contribution in [-0.2, 0) is 4.79 Å². The number of Topliss-reactive ketones (excluding diaryl/α,β-unsaturated/α-hetero) is 1. The second-order valence-corrected chi connectivity index (χ2v) is 5.28. The molecule has 0 N–H and O–H groups in total. The molecular formula is C15H18FNO2.